The summed E-state index contributed by atoms with van der Waals surface area (Å²) < 4.78 is 14.5. The third-order valence-corrected chi connectivity index (χ3v) is 2.35. The van der Waals surface area contributed by atoms with Crippen LogP contribution in [0.4, 0.5) is 5.69 Å². The highest BCUT2D eigenvalue weighted by atomic mass is 31.2. The van der Waals surface area contributed by atoms with E-state index in [1.807, 2.05) is 0 Å². The van der Waals surface area contributed by atoms with Crippen molar-refractivity contribution in [1.29, 1.82) is 0 Å². The molecule has 102 valence electrons. The van der Waals surface area contributed by atoms with E-state index in [0.717, 1.165) is 0 Å². The summed E-state index contributed by atoms with van der Waals surface area (Å²) in [6, 6.07) is 14.6. The van der Waals surface area contributed by atoms with Gasteiger partial charge in [-0.3, -0.25) is 9.79 Å². The summed E-state index contributed by atoms with van der Waals surface area (Å²) in [7, 11) is -4.39. The monoisotopic (exact) mass is 283 g/mol. The summed E-state index contributed by atoms with van der Waals surface area (Å²) >= 11 is 0. The van der Waals surface area contributed by atoms with Gasteiger partial charge in [0.15, 0.2) is 0 Å². The SMILES string of the molecule is Nc1ccccc1O.O=P(O)(O)Oc1ccccc1. The molecule has 2 aromatic carbocycles. The number of nitrogen functional groups attached to an aromatic ring is 1. The molecule has 0 amide bonds. The third kappa shape index (κ3) is 6.47. The lowest BCUT2D eigenvalue weighted by Gasteiger charge is -2.04. The average molecular weight is 283 g/mol. The summed E-state index contributed by atoms with van der Waals surface area (Å²) in [6.07, 6.45) is 0. The number of para-hydroxylation sites is 3. The van der Waals surface area contributed by atoms with Crippen molar-refractivity contribution in [2.24, 2.45) is 0 Å². The Morgan fingerprint density at radius 3 is 1.89 bits per heavy atom. The molecule has 6 nitrogen and oxygen atoms in total. The summed E-state index contributed by atoms with van der Waals surface area (Å²) in [4.78, 5) is 16.7. The first-order chi connectivity index (χ1) is 8.88. The fourth-order valence-corrected chi connectivity index (χ4v) is 1.50. The van der Waals surface area contributed by atoms with Crippen LogP contribution in [-0.4, -0.2) is 14.9 Å². The van der Waals surface area contributed by atoms with Gasteiger partial charge in [-0.2, -0.15) is 0 Å². The molecule has 0 atom stereocenters. The zero-order chi connectivity index (χ0) is 14.3. The van der Waals surface area contributed by atoms with Crippen molar-refractivity contribution < 1.29 is 24.0 Å². The minimum atomic E-state index is -4.39. The number of phosphoric ester groups is 1. The van der Waals surface area contributed by atoms with Crippen LogP contribution in [0.2, 0.25) is 0 Å². The van der Waals surface area contributed by atoms with E-state index in [1.54, 1.807) is 42.5 Å². The van der Waals surface area contributed by atoms with Crippen LogP contribution in [0.15, 0.2) is 54.6 Å². The molecular formula is C12H14NO5P. The van der Waals surface area contributed by atoms with Gasteiger partial charge in [0, 0.05) is 0 Å². The molecule has 0 spiro atoms. The normalized spacial score (nSPS) is 10.2. The second kappa shape index (κ2) is 6.80. The van der Waals surface area contributed by atoms with Crippen molar-refractivity contribution in [2.75, 3.05) is 5.73 Å². The van der Waals surface area contributed by atoms with Crippen LogP contribution >= 0.6 is 7.82 Å². The van der Waals surface area contributed by atoms with Gasteiger partial charge in [0.2, 0.25) is 0 Å². The van der Waals surface area contributed by atoms with Crippen LogP contribution in [0.25, 0.3) is 0 Å². The topological polar surface area (TPSA) is 113 Å². The lowest BCUT2D eigenvalue weighted by molar-refractivity contribution is 0.283. The van der Waals surface area contributed by atoms with Crippen LogP contribution in [-0.2, 0) is 4.57 Å². The number of phenols is 1. The number of hydrogen-bond donors (Lipinski definition) is 4. The van der Waals surface area contributed by atoms with Crippen LogP contribution in [0.5, 0.6) is 11.5 Å². The fraction of sp³-hybridized carbons (Fsp3) is 0. The largest absolute Gasteiger partial charge is 0.524 e. The zero-order valence-electron chi connectivity index (χ0n) is 9.88. The van der Waals surface area contributed by atoms with Gasteiger partial charge < -0.3 is 15.4 Å². The third-order valence-electron chi connectivity index (χ3n) is 1.90. The number of aromatic hydroxyl groups is 1. The van der Waals surface area contributed by atoms with Gasteiger partial charge in [0.25, 0.3) is 0 Å². The first-order valence-electron chi connectivity index (χ1n) is 5.22. The fourth-order valence-electron chi connectivity index (χ4n) is 1.11. The molecule has 0 fully saturated rings. The molecule has 2 rings (SSSR count). The summed E-state index contributed by atoms with van der Waals surface area (Å²) in [6.45, 7) is 0. The molecule has 5 N–H and O–H groups in total. The second-order valence-corrected chi connectivity index (χ2v) is 4.62. The van der Waals surface area contributed by atoms with E-state index in [1.165, 1.54) is 12.1 Å². The van der Waals surface area contributed by atoms with Crippen molar-refractivity contribution in [3.8, 4) is 11.5 Å². The highest BCUT2D eigenvalue weighted by Gasteiger charge is 2.14. The predicted octanol–water partition coefficient (Wildman–Crippen LogP) is 2.13. The number of nitrogens with two attached hydrogens (primary N) is 1. The van der Waals surface area contributed by atoms with Crippen molar-refractivity contribution in [3.63, 3.8) is 0 Å². The Labute approximate surface area is 110 Å². The maximum absolute atomic E-state index is 10.3. The van der Waals surface area contributed by atoms with Crippen LogP contribution in [0, 0.1) is 0 Å². The van der Waals surface area contributed by atoms with Gasteiger partial charge in [0.1, 0.15) is 11.5 Å². The number of phenolic OH excluding ortho intramolecular Hbond substituents is 1. The number of anilines is 1. The smallest absolute Gasteiger partial charge is 0.506 e. The molecule has 2 aromatic rings. The molecule has 19 heavy (non-hydrogen) atoms. The van der Waals surface area contributed by atoms with E-state index in [9.17, 15) is 4.57 Å². The van der Waals surface area contributed by atoms with Gasteiger partial charge in [-0.1, -0.05) is 30.3 Å². The lowest BCUT2D eigenvalue weighted by atomic mass is 10.3. The summed E-state index contributed by atoms with van der Waals surface area (Å²) in [5, 5.41) is 8.79. The Kier molecular flexibility index (Phi) is 5.38. The number of rotatable bonds is 2. The van der Waals surface area contributed by atoms with E-state index in [2.05, 4.69) is 4.52 Å². The molecule has 0 radical (unpaired) electrons. The van der Waals surface area contributed by atoms with Gasteiger partial charge in [-0.25, -0.2) is 4.57 Å². The second-order valence-electron chi connectivity index (χ2n) is 3.45. The first-order valence-corrected chi connectivity index (χ1v) is 6.75. The van der Waals surface area contributed by atoms with Gasteiger partial charge in [-0.05, 0) is 24.3 Å². The highest BCUT2D eigenvalue weighted by molar-refractivity contribution is 7.46. The lowest BCUT2D eigenvalue weighted by Crippen LogP contribution is -1.88. The molecule has 0 aliphatic carbocycles. The van der Waals surface area contributed by atoms with Crippen molar-refractivity contribution in [2.45, 2.75) is 0 Å². The van der Waals surface area contributed by atoms with E-state index >= 15 is 0 Å². The predicted molar refractivity (Wildman–Crippen MR) is 71.6 cm³/mol. The number of benzene rings is 2. The molecule has 0 heterocycles. The van der Waals surface area contributed by atoms with E-state index in [-0.39, 0.29) is 11.5 Å². The number of hydrogen-bond acceptors (Lipinski definition) is 4. The average Bonchev–Trinajstić information content (AvgIpc) is 2.33. The Morgan fingerprint density at radius 1 is 0.947 bits per heavy atom. The van der Waals surface area contributed by atoms with E-state index in [0.29, 0.717) is 5.69 Å². The van der Waals surface area contributed by atoms with Crippen LogP contribution < -0.4 is 10.3 Å². The van der Waals surface area contributed by atoms with Crippen LogP contribution in [0.1, 0.15) is 0 Å². The molecule has 0 aromatic heterocycles. The van der Waals surface area contributed by atoms with Crippen molar-refractivity contribution in [3.05, 3.63) is 54.6 Å². The van der Waals surface area contributed by atoms with E-state index in [4.69, 9.17) is 20.6 Å². The Morgan fingerprint density at radius 2 is 1.47 bits per heavy atom. The van der Waals surface area contributed by atoms with Gasteiger partial charge >= 0.3 is 7.82 Å². The van der Waals surface area contributed by atoms with Crippen LogP contribution in [0.3, 0.4) is 0 Å². The zero-order valence-corrected chi connectivity index (χ0v) is 10.8. The molecular weight excluding hydrogens is 269 g/mol. The molecule has 0 bridgehead atoms. The molecule has 7 heteroatoms. The maximum Gasteiger partial charge on any atom is 0.524 e. The summed E-state index contributed by atoms with van der Waals surface area (Å²) in [5.41, 5.74) is 5.69. The first kappa shape index (κ1) is 15.0. The molecule has 0 unspecified atom stereocenters. The molecule has 0 saturated heterocycles. The minimum Gasteiger partial charge on any atom is -0.506 e. The standard InChI is InChI=1S/C6H7NO.C6H7O4P/c7-5-3-1-2-4-6(5)8;7-11(8,9)10-6-4-2-1-3-5-6/h1-4,8H,7H2;1-5H,(H2,7,8,9). The maximum atomic E-state index is 10.3. The van der Waals surface area contributed by atoms with E-state index < -0.39 is 7.82 Å². The summed E-state index contributed by atoms with van der Waals surface area (Å²) in [5.74, 6) is 0.313. The molecule has 0 saturated carbocycles. The quantitative estimate of drug-likeness (QED) is 0.381. The van der Waals surface area contributed by atoms with Gasteiger partial charge in [0.05, 0.1) is 5.69 Å². The van der Waals surface area contributed by atoms with Crippen molar-refractivity contribution in [1.82, 2.24) is 0 Å². The highest BCUT2D eigenvalue weighted by Crippen LogP contribution is 2.36. The van der Waals surface area contributed by atoms with Gasteiger partial charge in [-0.15, -0.1) is 0 Å². The molecule has 0 aliphatic heterocycles. The minimum absolute atomic E-state index is 0.146. The number of phosphoric acid groups is 1. The Balaban J connectivity index is 0.000000200. The van der Waals surface area contributed by atoms with Crippen molar-refractivity contribution >= 4 is 13.5 Å². The Hall–Kier alpha value is -2.01. The molecule has 0 aliphatic rings. The Bertz CT molecular complexity index is 534.